The SMILES string of the molecule is C[C@@H]1CN2c3c(cc4c(N5C(=O)OCC5C=N)noc4c3F)CC3(C(=O)NC(=O)NC3=O)[C@H]2[C@H](C)O1. The molecule has 5 amide bonds. The highest BCUT2D eigenvalue weighted by Crippen LogP contribution is 2.49. The van der Waals surface area contributed by atoms with Gasteiger partial charge in [-0.1, -0.05) is 5.16 Å². The number of ether oxygens (including phenoxy) is 2. The van der Waals surface area contributed by atoms with E-state index in [2.05, 4.69) is 15.8 Å². The van der Waals surface area contributed by atoms with Crippen LogP contribution in [0.2, 0.25) is 0 Å². The third-order valence-corrected chi connectivity index (χ3v) is 7.27. The zero-order chi connectivity index (χ0) is 25.5. The molecule has 4 aliphatic heterocycles. The number of amides is 5. The maximum absolute atomic E-state index is 16.1. The number of halogens is 1. The number of imide groups is 2. The highest BCUT2D eigenvalue weighted by molar-refractivity contribution is 6.20. The van der Waals surface area contributed by atoms with Crippen molar-refractivity contribution in [2.24, 2.45) is 5.41 Å². The van der Waals surface area contributed by atoms with Crippen molar-refractivity contribution in [2.75, 3.05) is 23.0 Å². The second kappa shape index (κ2) is 7.46. The molecule has 3 saturated heterocycles. The maximum Gasteiger partial charge on any atom is 0.416 e. The average molecular weight is 500 g/mol. The van der Waals surface area contributed by atoms with Gasteiger partial charge < -0.3 is 24.3 Å². The maximum atomic E-state index is 16.1. The van der Waals surface area contributed by atoms with E-state index < -0.39 is 53.4 Å². The number of nitrogens with one attached hydrogen (secondary N) is 3. The lowest BCUT2D eigenvalue weighted by Gasteiger charge is -2.55. The van der Waals surface area contributed by atoms with Gasteiger partial charge in [0.25, 0.3) is 0 Å². The number of morpholine rings is 1. The summed E-state index contributed by atoms with van der Waals surface area (Å²) in [5.41, 5.74) is -1.59. The molecular formula is C22H21FN6O7. The summed E-state index contributed by atoms with van der Waals surface area (Å²) in [5, 5.41) is 16.0. The van der Waals surface area contributed by atoms with Gasteiger partial charge in [-0.3, -0.25) is 20.2 Å². The van der Waals surface area contributed by atoms with Crippen molar-refractivity contribution in [3.05, 3.63) is 17.4 Å². The van der Waals surface area contributed by atoms with E-state index >= 15 is 4.39 Å². The number of benzene rings is 1. The zero-order valence-electron chi connectivity index (χ0n) is 19.2. The van der Waals surface area contributed by atoms with Gasteiger partial charge in [-0.25, -0.2) is 18.9 Å². The first-order chi connectivity index (χ1) is 17.2. The molecule has 14 heteroatoms. The normalized spacial score (nSPS) is 29.1. The lowest BCUT2D eigenvalue weighted by atomic mass is 9.66. The van der Waals surface area contributed by atoms with Crippen molar-refractivity contribution in [1.82, 2.24) is 15.8 Å². The quantitative estimate of drug-likeness (QED) is 0.400. The highest BCUT2D eigenvalue weighted by atomic mass is 19.1. The molecule has 5 heterocycles. The molecule has 1 unspecified atom stereocenters. The lowest BCUT2D eigenvalue weighted by Crippen LogP contribution is -2.75. The van der Waals surface area contributed by atoms with Crippen molar-refractivity contribution in [2.45, 2.75) is 44.6 Å². The summed E-state index contributed by atoms with van der Waals surface area (Å²) in [4.78, 5) is 53.5. The fraction of sp³-hybridized carbons (Fsp3) is 0.455. The Labute approximate surface area is 202 Å². The number of aromatic nitrogens is 1. The molecule has 0 aliphatic carbocycles. The molecular weight excluding hydrogens is 479 g/mol. The topological polar surface area (TPSA) is 167 Å². The summed E-state index contributed by atoms with van der Waals surface area (Å²) in [5.74, 6) is -2.43. The van der Waals surface area contributed by atoms with Crippen LogP contribution in [0, 0.1) is 16.6 Å². The number of urea groups is 1. The molecule has 13 nitrogen and oxygen atoms in total. The predicted octanol–water partition coefficient (Wildman–Crippen LogP) is 0.832. The Hall–Kier alpha value is -4.07. The van der Waals surface area contributed by atoms with Gasteiger partial charge in [-0.2, -0.15) is 0 Å². The first kappa shape index (κ1) is 22.4. The van der Waals surface area contributed by atoms with E-state index in [1.807, 2.05) is 0 Å². The molecule has 188 valence electrons. The van der Waals surface area contributed by atoms with Gasteiger partial charge in [0.2, 0.25) is 17.4 Å². The zero-order valence-corrected chi connectivity index (χ0v) is 19.2. The highest BCUT2D eigenvalue weighted by Gasteiger charge is 2.63. The number of hydrogen-bond donors (Lipinski definition) is 3. The Kier molecular flexibility index (Phi) is 4.64. The summed E-state index contributed by atoms with van der Waals surface area (Å²) in [6, 6.07) is -1.09. The Morgan fingerprint density at radius 2 is 1.94 bits per heavy atom. The van der Waals surface area contributed by atoms with Gasteiger partial charge in [0.1, 0.15) is 12.6 Å². The summed E-state index contributed by atoms with van der Waals surface area (Å²) in [6.45, 7) is 3.57. The number of barbiturate groups is 1. The Morgan fingerprint density at radius 3 is 2.64 bits per heavy atom. The first-order valence-corrected chi connectivity index (χ1v) is 11.3. The third-order valence-electron chi connectivity index (χ3n) is 7.27. The van der Waals surface area contributed by atoms with Crippen LogP contribution >= 0.6 is 0 Å². The number of anilines is 2. The van der Waals surface area contributed by atoms with Crippen LogP contribution in [-0.4, -0.2) is 72.8 Å². The predicted molar refractivity (Wildman–Crippen MR) is 119 cm³/mol. The number of rotatable bonds is 2. The van der Waals surface area contributed by atoms with Crippen molar-refractivity contribution >= 4 is 52.6 Å². The summed E-state index contributed by atoms with van der Waals surface area (Å²) in [6.07, 6.45) is -1.03. The van der Waals surface area contributed by atoms with E-state index in [0.29, 0.717) is 5.56 Å². The van der Waals surface area contributed by atoms with Gasteiger partial charge in [0.05, 0.1) is 29.3 Å². The fourth-order valence-electron chi connectivity index (χ4n) is 5.91. The van der Waals surface area contributed by atoms with E-state index in [4.69, 9.17) is 19.4 Å². The number of fused-ring (bicyclic) bond motifs is 5. The van der Waals surface area contributed by atoms with E-state index in [1.165, 1.54) is 6.07 Å². The first-order valence-electron chi connectivity index (χ1n) is 11.3. The van der Waals surface area contributed by atoms with Gasteiger partial charge >= 0.3 is 12.1 Å². The number of nitrogens with zero attached hydrogens (tertiary/aromatic N) is 3. The van der Waals surface area contributed by atoms with Crippen LogP contribution in [0.1, 0.15) is 19.4 Å². The summed E-state index contributed by atoms with van der Waals surface area (Å²) in [7, 11) is 0. The lowest BCUT2D eigenvalue weighted by molar-refractivity contribution is -0.153. The Bertz CT molecular complexity index is 1350. The minimum atomic E-state index is -1.79. The second-order valence-electron chi connectivity index (χ2n) is 9.40. The molecule has 6 rings (SSSR count). The van der Waals surface area contributed by atoms with Crippen LogP contribution in [-0.2, 0) is 25.5 Å². The molecule has 0 radical (unpaired) electrons. The van der Waals surface area contributed by atoms with Crippen LogP contribution in [0.5, 0.6) is 0 Å². The van der Waals surface area contributed by atoms with Crippen LogP contribution < -0.4 is 20.4 Å². The van der Waals surface area contributed by atoms with Crippen LogP contribution in [0.4, 0.5) is 25.5 Å². The van der Waals surface area contributed by atoms with E-state index in [0.717, 1.165) is 11.1 Å². The molecule has 1 spiro atoms. The molecule has 2 aromatic rings. The van der Waals surface area contributed by atoms with Crippen LogP contribution in [0.3, 0.4) is 0 Å². The largest absolute Gasteiger partial charge is 0.446 e. The van der Waals surface area contributed by atoms with Crippen molar-refractivity contribution < 1.29 is 37.6 Å². The number of hydrogen-bond acceptors (Lipinski definition) is 10. The molecule has 4 aliphatic rings. The monoisotopic (exact) mass is 500 g/mol. The van der Waals surface area contributed by atoms with Gasteiger partial charge in [0, 0.05) is 19.2 Å². The third kappa shape index (κ3) is 2.78. The molecule has 36 heavy (non-hydrogen) atoms. The molecule has 0 bridgehead atoms. The van der Waals surface area contributed by atoms with Gasteiger partial charge in [-0.05, 0) is 25.5 Å². The fourth-order valence-corrected chi connectivity index (χ4v) is 5.91. The Balaban J connectivity index is 1.58. The average Bonchev–Trinajstić information content (AvgIpc) is 3.39. The molecule has 1 aromatic heterocycles. The van der Waals surface area contributed by atoms with Crippen molar-refractivity contribution in [3.63, 3.8) is 0 Å². The van der Waals surface area contributed by atoms with Gasteiger partial charge in [-0.15, -0.1) is 0 Å². The van der Waals surface area contributed by atoms with Gasteiger partial charge in [0.15, 0.2) is 17.1 Å². The van der Waals surface area contributed by atoms with Crippen LogP contribution in [0.25, 0.3) is 11.0 Å². The Morgan fingerprint density at radius 1 is 1.22 bits per heavy atom. The summed E-state index contributed by atoms with van der Waals surface area (Å²) < 4.78 is 32.4. The van der Waals surface area contributed by atoms with E-state index in [-0.39, 0.29) is 48.2 Å². The molecule has 1 aromatic carbocycles. The second-order valence-corrected chi connectivity index (χ2v) is 9.40. The molecule has 4 atom stereocenters. The summed E-state index contributed by atoms with van der Waals surface area (Å²) >= 11 is 0. The molecule has 3 fully saturated rings. The standard InChI is InChI=1S/C22H21FN6O7/c1-8-6-28-14-10(4-22(16(28)9(2)35-8)18(30)25-20(32)26-19(22)31)3-12-15(13(14)23)36-27-17(12)29-11(5-24)7-34-21(29)33/h3,5,8-9,11,16,24H,4,6-7H2,1-2H3,(H2,25,26,30,31,32)/t8-,9+,11?,16-/m1/s1. The molecule has 3 N–H and O–H groups in total. The van der Waals surface area contributed by atoms with Crippen molar-refractivity contribution in [1.29, 1.82) is 5.41 Å². The number of carbonyl (C=O) groups is 4. The van der Waals surface area contributed by atoms with Crippen molar-refractivity contribution in [3.8, 4) is 0 Å². The minimum Gasteiger partial charge on any atom is -0.446 e. The van der Waals surface area contributed by atoms with E-state index in [9.17, 15) is 19.2 Å². The molecule has 0 saturated carbocycles. The number of carbonyl (C=O) groups excluding carboxylic acids is 4. The number of cyclic esters (lactones) is 1. The minimum absolute atomic E-state index is 0.0460. The van der Waals surface area contributed by atoms with Crippen LogP contribution in [0.15, 0.2) is 10.6 Å². The smallest absolute Gasteiger partial charge is 0.416 e. The van der Waals surface area contributed by atoms with E-state index in [1.54, 1.807) is 18.7 Å².